The van der Waals surface area contributed by atoms with Gasteiger partial charge in [0.15, 0.2) is 0 Å². The Morgan fingerprint density at radius 2 is 2.25 bits per heavy atom. The number of rotatable bonds is 5. The maximum atomic E-state index is 4.40. The predicted octanol–water partition coefficient (Wildman–Crippen LogP) is 2.62. The largest absolute Gasteiger partial charge is 0.314 e. The molecule has 86 valence electrons. The zero-order chi connectivity index (χ0) is 11.4. The van der Waals surface area contributed by atoms with Crippen LogP contribution >= 0.6 is 11.3 Å². The number of hydrogen-bond acceptors (Lipinski definition) is 4. The van der Waals surface area contributed by atoms with Gasteiger partial charge in [-0.1, -0.05) is 13.8 Å². The van der Waals surface area contributed by atoms with E-state index in [2.05, 4.69) is 40.6 Å². The van der Waals surface area contributed by atoms with Gasteiger partial charge in [0.25, 0.3) is 0 Å². The number of fused-ring (bicyclic) bond motifs is 1. The van der Waals surface area contributed by atoms with Crippen molar-refractivity contribution in [1.82, 2.24) is 15.3 Å². The van der Waals surface area contributed by atoms with Crippen molar-refractivity contribution in [3.63, 3.8) is 0 Å². The Balaban J connectivity index is 2.22. The second-order valence-corrected chi connectivity index (χ2v) is 4.72. The monoisotopic (exact) mass is 235 g/mol. The van der Waals surface area contributed by atoms with E-state index in [0.717, 1.165) is 24.2 Å². The second-order valence-electron chi connectivity index (χ2n) is 3.83. The van der Waals surface area contributed by atoms with Crippen molar-refractivity contribution >= 4 is 21.6 Å². The van der Waals surface area contributed by atoms with Gasteiger partial charge in [0.05, 0.1) is 5.69 Å². The summed E-state index contributed by atoms with van der Waals surface area (Å²) >= 11 is 1.68. The maximum Gasteiger partial charge on any atom is 0.126 e. The van der Waals surface area contributed by atoms with Crippen LogP contribution in [0.25, 0.3) is 10.2 Å². The molecule has 2 heterocycles. The van der Waals surface area contributed by atoms with Gasteiger partial charge in [-0.15, -0.1) is 11.3 Å². The van der Waals surface area contributed by atoms with Gasteiger partial charge in [-0.25, -0.2) is 9.97 Å². The lowest BCUT2D eigenvalue weighted by atomic mass is 10.1. The summed E-state index contributed by atoms with van der Waals surface area (Å²) in [4.78, 5) is 9.77. The lowest BCUT2D eigenvalue weighted by molar-refractivity contribution is 0.507. The normalized spacial score (nSPS) is 13.1. The van der Waals surface area contributed by atoms with Gasteiger partial charge in [-0.3, -0.25) is 0 Å². The van der Waals surface area contributed by atoms with Crippen LogP contribution in [0.2, 0.25) is 0 Å². The molecule has 0 aromatic carbocycles. The average Bonchev–Trinajstić information content (AvgIpc) is 2.77. The van der Waals surface area contributed by atoms with E-state index in [1.54, 1.807) is 17.7 Å². The Bertz CT molecular complexity index is 452. The summed E-state index contributed by atoms with van der Waals surface area (Å²) in [5, 5.41) is 6.77. The van der Waals surface area contributed by atoms with Crippen molar-refractivity contribution in [2.24, 2.45) is 0 Å². The highest BCUT2D eigenvalue weighted by atomic mass is 32.1. The lowest BCUT2D eigenvalue weighted by Crippen LogP contribution is -2.30. The molecule has 0 radical (unpaired) electrons. The van der Waals surface area contributed by atoms with Crippen molar-refractivity contribution in [2.75, 3.05) is 6.54 Å². The lowest BCUT2D eigenvalue weighted by Gasteiger charge is -2.15. The molecule has 4 heteroatoms. The van der Waals surface area contributed by atoms with Crippen LogP contribution < -0.4 is 5.32 Å². The van der Waals surface area contributed by atoms with Gasteiger partial charge < -0.3 is 5.32 Å². The number of thiophene rings is 1. The van der Waals surface area contributed by atoms with E-state index in [1.807, 2.05) is 0 Å². The van der Waals surface area contributed by atoms with E-state index >= 15 is 0 Å². The van der Waals surface area contributed by atoms with Crippen LogP contribution in [0.4, 0.5) is 0 Å². The Labute approximate surface area is 99.9 Å². The van der Waals surface area contributed by atoms with E-state index in [4.69, 9.17) is 0 Å². The third-order valence-corrected chi connectivity index (χ3v) is 3.59. The molecule has 0 aliphatic carbocycles. The summed E-state index contributed by atoms with van der Waals surface area (Å²) in [6.07, 6.45) is 3.79. The number of nitrogens with zero attached hydrogens (tertiary/aromatic N) is 2. The SMILES string of the molecule is CCNC(CC)Cc1ncnc2sccc12. The first-order valence-electron chi connectivity index (χ1n) is 5.75. The van der Waals surface area contributed by atoms with Crippen molar-refractivity contribution in [1.29, 1.82) is 0 Å². The molecule has 0 saturated heterocycles. The smallest absolute Gasteiger partial charge is 0.126 e. The highest BCUT2D eigenvalue weighted by molar-refractivity contribution is 7.16. The van der Waals surface area contributed by atoms with Crippen LogP contribution in [0, 0.1) is 0 Å². The number of likely N-dealkylation sites (N-methyl/N-ethyl adjacent to an activating group) is 1. The summed E-state index contributed by atoms with van der Waals surface area (Å²) < 4.78 is 0. The number of aromatic nitrogens is 2. The molecule has 0 saturated carbocycles. The highest BCUT2D eigenvalue weighted by Gasteiger charge is 2.10. The molecule has 2 rings (SSSR count). The minimum Gasteiger partial charge on any atom is -0.314 e. The standard InChI is InChI=1S/C12H17N3S/c1-3-9(13-4-2)7-11-10-5-6-16-12(10)15-8-14-11/h5-6,8-9,13H,3-4,7H2,1-2H3. The van der Waals surface area contributed by atoms with Gasteiger partial charge in [0.2, 0.25) is 0 Å². The summed E-state index contributed by atoms with van der Waals surface area (Å²) in [7, 11) is 0. The maximum absolute atomic E-state index is 4.40. The van der Waals surface area contributed by atoms with Gasteiger partial charge in [0, 0.05) is 17.8 Å². The predicted molar refractivity (Wildman–Crippen MR) is 68.9 cm³/mol. The fourth-order valence-electron chi connectivity index (χ4n) is 1.89. The minimum absolute atomic E-state index is 0.517. The summed E-state index contributed by atoms with van der Waals surface area (Å²) in [6.45, 7) is 5.36. The van der Waals surface area contributed by atoms with Crippen LogP contribution in [-0.2, 0) is 6.42 Å². The molecule has 3 nitrogen and oxygen atoms in total. The first kappa shape index (κ1) is 11.5. The summed E-state index contributed by atoms with van der Waals surface area (Å²) in [5.74, 6) is 0. The topological polar surface area (TPSA) is 37.8 Å². The molecule has 1 atom stereocenters. The van der Waals surface area contributed by atoms with E-state index in [9.17, 15) is 0 Å². The van der Waals surface area contributed by atoms with E-state index in [-0.39, 0.29) is 0 Å². The summed E-state index contributed by atoms with van der Waals surface area (Å²) in [5.41, 5.74) is 1.17. The molecular weight excluding hydrogens is 218 g/mol. The van der Waals surface area contributed by atoms with Gasteiger partial charge in [-0.05, 0) is 24.4 Å². The molecule has 16 heavy (non-hydrogen) atoms. The Morgan fingerprint density at radius 3 is 3.00 bits per heavy atom. The first-order valence-corrected chi connectivity index (χ1v) is 6.63. The minimum atomic E-state index is 0.517. The number of nitrogens with one attached hydrogen (secondary N) is 1. The Kier molecular flexibility index (Phi) is 3.85. The van der Waals surface area contributed by atoms with Crippen LogP contribution in [-0.4, -0.2) is 22.6 Å². The first-order chi connectivity index (χ1) is 7.85. The van der Waals surface area contributed by atoms with Gasteiger partial charge in [-0.2, -0.15) is 0 Å². The molecule has 0 spiro atoms. The van der Waals surface area contributed by atoms with Crippen LogP contribution in [0.15, 0.2) is 17.8 Å². The number of hydrogen-bond donors (Lipinski definition) is 1. The zero-order valence-electron chi connectivity index (χ0n) is 9.73. The van der Waals surface area contributed by atoms with Crippen molar-refractivity contribution < 1.29 is 0 Å². The average molecular weight is 235 g/mol. The fraction of sp³-hybridized carbons (Fsp3) is 0.500. The van der Waals surface area contributed by atoms with E-state index in [1.165, 1.54) is 11.1 Å². The molecule has 2 aromatic heterocycles. The van der Waals surface area contributed by atoms with Crippen LogP contribution in [0.3, 0.4) is 0 Å². The van der Waals surface area contributed by atoms with Crippen molar-refractivity contribution in [3.05, 3.63) is 23.5 Å². The Hall–Kier alpha value is -1.00. The van der Waals surface area contributed by atoms with Crippen molar-refractivity contribution in [2.45, 2.75) is 32.7 Å². The van der Waals surface area contributed by atoms with E-state index < -0.39 is 0 Å². The molecule has 0 aliphatic heterocycles. The van der Waals surface area contributed by atoms with Crippen molar-refractivity contribution in [3.8, 4) is 0 Å². The van der Waals surface area contributed by atoms with E-state index in [0.29, 0.717) is 6.04 Å². The molecule has 0 aliphatic rings. The third-order valence-electron chi connectivity index (χ3n) is 2.77. The third kappa shape index (κ3) is 2.39. The summed E-state index contributed by atoms with van der Waals surface area (Å²) in [6, 6.07) is 2.64. The van der Waals surface area contributed by atoms with Crippen LogP contribution in [0.5, 0.6) is 0 Å². The molecule has 1 N–H and O–H groups in total. The molecule has 0 bridgehead atoms. The van der Waals surface area contributed by atoms with Gasteiger partial charge >= 0.3 is 0 Å². The fourth-order valence-corrected chi connectivity index (χ4v) is 2.64. The molecule has 1 unspecified atom stereocenters. The quantitative estimate of drug-likeness (QED) is 0.865. The molecule has 2 aromatic rings. The van der Waals surface area contributed by atoms with Crippen LogP contribution in [0.1, 0.15) is 26.0 Å². The molecule has 0 amide bonds. The molecular formula is C12H17N3S. The Morgan fingerprint density at radius 1 is 1.38 bits per heavy atom. The van der Waals surface area contributed by atoms with Gasteiger partial charge in [0.1, 0.15) is 11.2 Å². The highest BCUT2D eigenvalue weighted by Crippen LogP contribution is 2.21. The molecule has 0 fully saturated rings. The zero-order valence-corrected chi connectivity index (χ0v) is 10.5. The second kappa shape index (κ2) is 5.37.